The Labute approximate surface area is 672 Å². The van der Waals surface area contributed by atoms with Crippen LogP contribution in [0.25, 0.3) is 44.5 Å². The van der Waals surface area contributed by atoms with Gasteiger partial charge in [-0.2, -0.15) is 4.80 Å². The van der Waals surface area contributed by atoms with Crippen molar-refractivity contribution >= 4 is 69.7 Å². The van der Waals surface area contributed by atoms with E-state index in [2.05, 4.69) is 63.9 Å². The Hall–Kier alpha value is -14.7. The van der Waals surface area contributed by atoms with E-state index in [1.54, 1.807) is 7.05 Å². The van der Waals surface area contributed by atoms with Crippen LogP contribution in [-0.2, 0) is 80.8 Å². The molecule has 37 heteroatoms. The highest BCUT2D eigenvalue weighted by molar-refractivity contribution is 7.90. The van der Waals surface area contributed by atoms with Crippen molar-refractivity contribution in [2.24, 2.45) is 7.05 Å². The van der Waals surface area contributed by atoms with Crippen molar-refractivity contribution in [1.29, 1.82) is 0 Å². The average Bonchev–Trinajstić information content (AvgIpc) is 1.55. The molecule has 4 unspecified atom stereocenters. The fourth-order valence-electron chi connectivity index (χ4n) is 16.5. The normalized spacial score (nSPS) is 19.7. The predicted octanol–water partition coefficient (Wildman–Crippen LogP) is 8.94. The third kappa shape index (κ3) is 12.7. The minimum atomic E-state index is -3.79. The fraction of sp³-hybridized carbons (Fsp3) is 0.193. The summed E-state index contributed by atoms with van der Waals surface area (Å²) >= 11 is 0. The van der Waals surface area contributed by atoms with Crippen LogP contribution in [0.4, 0.5) is 54.3 Å². The summed E-state index contributed by atoms with van der Waals surface area (Å²) in [7, 11) is -1.01. The molecule has 9 aliphatic rings. The molecular weight excluding hydrogens is 1600 g/mol. The summed E-state index contributed by atoms with van der Waals surface area (Å²) in [6.45, 7) is 5.29. The van der Waals surface area contributed by atoms with Gasteiger partial charge in [-0.25, -0.2) is 71.8 Å². The molecule has 1 aromatic heterocycles. The Balaban J connectivity index is 0.000000119. The van der Waals surface area contributed by atoms with E-state index >= 15 is 4.39 Å². The number of sulfonamides is 1. The van der Waals surface area contributed by atoms with Crippen molar-refractivity contribution in [3.63, 3.8) is 0 Å². The van der Waals surface area contributed by atoms with Crippen LogP contribution in [0.2, 0.25) is 0 Å². The summed E-state index contributed by atoms with van der Waals surface area (Å²) in [6.07, 6.45) is 0.378. The van der Waals surface area contributed by atoms with Crippen molar-refractivity contribution in [2.75, 3.05) is 13.7 Å². The molecule has 5 aliphatic carbocycles. The van der Waals surface area contributed by atoms with Crippen LogP contribution in [0, 0.1) is 72.2 Å². The maximum absolute atomic E-state index is 15.1. The number of aryl methyl sites for hydroxylation is 2. The maximum atomic E-state index is 15.1. The van der Waals surface area contributed by atoms with E-state index < -0.39 is 156 Å². The number of tetrazole rings is 1. The van der Waals surface area contributed by atoms with Gasteiger partial charge in [-0.15, -0.1) is 10.2 Å². The molecule has 9 N–H and O–H groups in total. The van der Waals surface area contributed by atoms with E-state index in [4.69, 9.17) is 14.6 Å². The van der Waals surface area contributed by atoms with Crippen molar-refractivity contribution in [3.05, 3.63) is 264 Å². The van der Waals surface area contributed by atoms with E-state index in [0.29, 0.717) is 62.8 Å². The summed E-state index contributed by atoms with van der Waals surface area (Å²) < 4.78 is 152. The Morgan fingerprint density at radius 2 is 0.975 bits per heavy atom. The number of carboxylic acid groups (broad SMARTS) is 1. The number of amides is 13. The van der Waals surface area contributed by atoms with E-state index in [-0.39, 0.29) is 90.4 Å². The number of carboxylic acids is 1. The van der Waals surface area contributed by atoms with Gasteiger partial charge < -0.3 is 35.8 Å². The molecule has 4 spiro atoms. The minimum absolute atomic E-state index is 0.00607. The fourth-order valence-corrected chi connectivity index (χ4v) is 18.0. The number of carbonyl (C=O) groups excluding carboxylic acids is 9. The SMILES string of the molecule is CN(C(=O)Cc1cc(F)cc2c1-c1ccc(F)cc1C21NC(=O)NC1=O)S(=O)(=O)C1CC1.Cc1c(F)cc2c(c1C#CC(=O)O)-c1ccc(F)cc1C21NC(=O)NC1=O.Cc1ccccc1[C@H](C)Oc1cc2c(cc1F)C1(NC(=O)NC1=O)c1cc(F)ccc1-2.Cn1nnc(CCOc2cc3c(cc2F)C2(NC(=O)NC2=O)c2cc(F)ccc2-3)n1. The number of rotatable bonds is 11. The molecule has 5 fully saturated rings. The molecule has 13 amide bonds. The van der Waals surface area contributed by atoms with Crippen LogP contribution in [0.5, 0.6) is 11.5 Å². The molecular formula is C83H59F8N13O15S. The first kappa shape index (κ1) is 79.2. The zero-order valence-corrected chi connectivity index (χ0v) is 63.6. The molecule has 1 saturated carbocycles. The van der Waals surface area contributed by atoms with E-state index in [1.165, 1.54) is 78.5 Å². The standard InChI is InChI=1S/C24H18F2N2O3.C21H17F2N3O5S.C19H14F2N6O3.C19H10F2N2O4/c1-12-5-3-4-6-15(12)13(2)31-21-10-17-16-8-7-14(25)9-18(16)24(19(17)11-20(21)26)22(29)27-23(30)28-24;1-26(32(30,31)13-3-4-13)17(27)7-10-6-12(23)9-16-18(10)14-5-2-11(22)8-15(14)21(16)19(28)24-20(29)25-21;1-27-25-16(24-26-27)4-5-30-15-7-11-10-3-2-9(20)6-12(10)19(13(11)8-14(15)21)17(28)22-18(29)23-19;1-8-10(4-5-15(24)25)16-11-3-2-9(20)6-12(11)19(13(16)7-14(8)21)17(26)22-18(27)23-19/h3-11,13H,1-2H3,(H2,27,28,29,30);2,5-6,8-9,13H,3-4,7H2,1H3,(H2,24,25,28,29);2-3,6-8H,4-5H2,1H3,(H2,22,23,28,29);2-3,6-7H,1H3,(H,24,25)(H2,22,23,26,27)/t13-,24?;;;/m0.../s1. The predicted molar refractivity (Wildman–Crippen MR) is 403 cm³/mol. The van der Waals surface area contributed by atoms with Gasteiger partial charge in [0.25, 0.3) is 23.6 Å². The second kappa shape index (κ2) is 28.9. The number of fused-ring (bicyclic) bond motifs is 20. The van der Waals surface area contributed by atoms with E-state index in [0.717, 1.165) is 66.7 Å². The topological polar surface area (TPSA) is 387 Å². The number of aromatic nitrogens is 4. The van der Waals surface area contributed by atoms with Gasteiger partial charge in [-0.1, -0.05) is 54.5 Å². The molecule has 4 saturated heterocycles. The molecule has 0 radical (unpaired) electrons. The van der Waals surface area contributed by atoms with Gasteiger partial charge in [0.05, 0.1) is 25.3 Å². The van der Waals surface area contributed by atoms with Crippen LogP contribution in [0.1, 0.15) is 104 Å². The first-order valence-corrected chi connectivity index (χ1v) is 37.9. The number of urea groups is 4. The van der Waals surface area contributed by atoms with Gasteiger partial charge in [-0.05, 0) is 185 Å². The molecule has 4 aliphatic heterocycles. The van der Waals surface area contributed by atoms with Gasteiger partial charge in [0, 0.05) is 80.6 Å². The second-order valence-electron chi connectivity index (χ2n) is 29.1. The Morgan fingerprint density at radius 1 is 0.550 bits per heavy atom. The highest BCUT2D eigenvalue weighted by atomic mass is 32.2. The monoisotopic (exact) mass is 1660 g/mol. The number of carbonyl (C=O) groups is 10. The molecule has 28 nitrogen and oxygen atoms in total. The Morgan fingerprint density at radius 3 is 1.43 bits per heavy atom. The Bertz CT molecular complexity index is 6530. The zero-order chi connectivity index (χ0) is 85.5. The van der Waals surface area contributed by atoms with Crippen molar-refractivity contribution in [1.82, 2.24) is 67.0 Å². The molecule has 10 aromatic rings. The zero-order valence-electron chi connectivity index (χ0n) is 62.8. The molecule has 608 valence electrons. The van der Waals surface area contributed by atoms with Gasteiger partial charge in [0.1, 0.15) is 41.0 Å². The molecule has 5 atom stereocenters. The smallest absolute Gasteiger partial charge is 0.382 e. The van der Waals surface area contributed by atoms with E-state index in [9.17, 15) is 87.1 Å². The van der Waals surface area contributed by atoms with E-state index in [1.807, 2.05) is 44.0 Å². The van der Waals surface area contributed by atoms with Crippen molar-refractivity contribution in [3.8, 4) is 67.8 Å². The largest absolute Gasteiger partial charge is 0.490 e. The molecule has 9 aromatic carbocycles. The number of ether oxygens (including phenoxy) is 2. The number of hydrogen-bond donors (Lipinski definition) is 9. The maximum Gasteiger partial charge on any atom is 0.382 e. The highest BCUT2D eigenvalue weighted by Gasteiger charge is 2.60. The van der Waals surface area contributed by atoms with Crippen LogP contribution in [0.3, 0.4) is 0 Å². The number of hydrogen-bond acceptors (Lipinski definition) is 17. The number of halogens is 8. The lowest BCUT2D eigenvalue weighted by Crippen LogP contribution is -2.43. The number of likely N-dealkylation sites (N-methyl/N-ethyl adjacent to an activating group) is 1. The lowest BCUT2D eigenvalue weighted by Gasteiger charge is -2.24. The van der Waals surface area contributed by atoms with Crippen LogP contribution >= 0.6 is 0 Å². The number of nitrogens with zero attached hydrogens (tertiary/aromatic N) is 5. The highest BCUT2D eigenvalue weighted by Crippen LogP contribution is 2.56. The third-order valence-electron chi connectivity index (χ3n) is 22.0. The summed E-state index contributed by atoms with van der Waals surface area (Å²) in [5.74, 6) is -5.75. The van der Waals surface area contributed by atoms with Crippen molar-refractivity contribution in [2.45, 2.75) is 80.0 Å². The van der Waals surface area contributed by atoms with Gasteiger partial charge >= 0.3 is 30.1 Å². The molecule has 19 rings (SSSR count). The summed E-state index contributed by atoms with van der Waals surface area (Å²) in [5.41, 5.74) is -0.228. The van der Waals surface area contributed by atoms with Gasteiger partial charge in [-0.3, -0.25) is 45.2 Å². The molecule has 120 heavy (non-hydrogen) atoms. The number of imide groups is 4. The summed E-state index contributed by atoms with van der Waals surface area (Å²) in [4.78, 5) is 124. The first-order chi connectivity index (χ1) is 57.0. The number of aliphatic carboxylic acids is 1. The lowest BCUT2D eigenvalue weighted by atomic mass is 9.86. The van der Waals surface area contributed by atoms with Crippen LogP contribution < -0.4 is 52.0 Å². The van der Waals surface area contributed by atoms with Crippen molar-refractivity contribution < 1.29 is 106 Å². The van der Waals surface area contributed by atoms with Gasteiger partial charge in [0.2, 0.25) is 15.9 Å². The summed E-state index contributed by atoms with van der Waals surface area (Å²) in [6, 6.07) is 28.1. The van der Waals surface area contributed by atoms with Crippen LogP contribution in [0.15, 0.2) is 140 Å². The Kier molecular flexibility index (Phi) is 19.1. The molecule has 5 heterocycles. The van der Waals surface area contributed by atoms with Gasteiger partial charge in [0.15, 0.2) is 51.1 Å². The number of benzene rings is 9. The quantitative estimate of drug-likeness (QED) is 0.0331. The molecule has 0 bridgehead atoms. The minimum Gasteiger partial charge on any atom is -0.490 e. The number of nitrogens with one attached hydrogen (secondary N) is 8. The second-order valence-corrected chi connectivity index (χ2v) is 31.3. The van der Waals surface area contributed by atoms with Crippen LogP contribution in [-0.4, -0.2) is 117 Å². The lowest BCUT2D eigenvalue weighted by molar-refractivity contribution is -0.130. The first-order valence-electron chi connectivity index (χ1n) is 36.4. The average molecular weight is 1660 g/mol. The summed E-state index contributed by atoms with van der Waals surface area (Å²) in [5, 5.41) is 38.4. The third-order valence-corrected chi connectivity index (χ3v) is 24.3.